The van der Waals surface area contributed by atoms with E-state index in [2.05, 4.69) is 161 Å². The highest BCUT2D eigenvalue weighted by Gasteiger charge is 2.22. The zero-order valence-corrected chi connectivity index (χ0v) is 33.9. The number of nitrogens with zero attached hydrogens (tertiary/aromatic N) is 5. The van der Waals surface area contributed by atoms with Crippen molar-refractivity contribution in [2.24, 2.45) is 0 Å². The van der Waals surface area contributed by atoms with E-state index in [1.165, 1.54) is 32.7 Å². The van der Waals surface area contributed by atoms with Gasteiger partial charge in [0.2, 0.25) is 0 Å². The van der Waals surface area contributed by atoms with E-state index in [0.717, 1.165) is 72.1 Å². The number of hydrogen-bond acceptors (Lipinski definition) is 4. The van der Waals surface area contributed by atoms with Crippen LogP contribution in [0, 0.1) is 0 Å². The molecule has 0 bridgehead atoms. The third-order valence-electron chi connectivity index (χ3n) is 12.4. The molecule has 4 heterocycles. The minimum Gasteiger partial charge on any atom is -0.456 e. The maximum atomic E-state index is 6.18. The summed E-state index contributed by atoms with van der Waals surface area (Å²) in [5.74, 6) is 1.80. The summed E-state index contributed by atoms with van der Waals surface area (Å²) in [5, 5.41) is 6.86. The van der Waals surface area contributed by atoms with Gasteiger partial charge in [-0.2, -0.15) is 0 Å². The zero-order chi connectivity index (χ0) is 41.4. The molecule has 0 atom stereocenters. The molecule has 6 heteroatoms. The lowest BCUT2D eigenvalue weighted by molar-refractivity contribution is 0.669. The average Bonchev–Trinajstić information content (AvgIpc) is 4.02. The van der Waals surface area contributed by atoms with Gasteiger partial charge in [-0.25, -0.2) is 15.0 Å². The maximum Gasteiger partial charge on any atom is 0.164 e. The second kappa shape index (κ2) is 14.0. The Labute approximate surface area is 361 Å². The van der Waals surface area contributed by atoms with Gasteiger partial charge in [-0.3, -0.25) is 0 Å². The predicted octanol–water partition coefficient (Wildman–Crippen LogP) is 14.6. The Bertz CT molecular complexity index is 3900. The fourth-order valence-corrected chi connectivity index (χ4v) is 9.47. The second-order valence-electron chi connectivity index (χ2n) is 16.0. The molecule has 0 saturated heterocycles. The van der Waals surface area contributed by atoms with Crippen LogP contribution in [0.1, 0.15) is 0 Å². The Balaban J connectivity index is 1.04. The van der Waals surface area contributed by atoms with Crippen molar-refractivity contribution in [3.8, 4) is 56.7 Å². The first kappa shape index (κ1) is 35.2. The largest absolute Gasteiger partial charge is 0.456 e. The van der Waals surface area contributed by atoms with Crippen LogP contribution in [0.15, 0.2) is 217 Å². The van der Waals surface area contributed by atoms with Crippen molar-refractivity contribution in [3.63, 3.8) is 0 Å². The SMILES string of the molecule is c1ccc(-c2ccc(-n3c4ccccc4c4ccc5c6ccccc6n(-c6cccc(-c7nc(-c8ccccc8)nc(-c8ccc9oc%10ccccc%10c9c8)n7)c6)c5c43)cc2)cc1. The fraction of sp³-hybridized carbons (Fsp3) is 0. The first-order valence-electron chi connectivity index (χ1n) is 21.2. The van der Waals surface area contributed by atoms with E-state index >= 15 is 0 Å². The summed E-state index contributed by atoms with van der Waals surface area (Å²) in [4.78, 5) is 15.4. The highest BCUT2D eigenvalue weighted by molar-refractivity contribution is 6.24. The van der Waals surface area contributed by atoms with Crippen molar-refractivity contribution in [2.75, 3.05) is 0 Å². The smallest absolute Gasteiger partial charge is 0.164 e. The number of para-hydroxylation sites is 3. The van der Waals surface area contributed by atoms with E-state index < -0.39 is 0 Å². The number of fused-ring (bicyclic) bond motifs is 10. The number of aromatic nitrogens is 5. The summed E-state index contributed by atoms with van der Waals surface area (Å²) in [6, 6.07) is 74.6. The molecule has 0 saturated carbocycles. The van der Waals surface area contributed by atoms with Gasteiger partial charge in [0.05, 0.1) is 22.1 Å². The van der Waals surface area contributed by atoms with Crippen molar-refractivity contribution in [2.45, 2.75) is 0 Å². The predicted molar refractivity (Wildman–Crippen MR) is 258 cm³/mol. The Kier molecular flexibility index (Phi) is 7.80. The van der Waals surface area contributed by atoms with Gasteiger partial charge in [0.1, 0.15) is 11.2 Å². The van der Waals surface area contributed by atoms with E-state index in [-0.39, 0.29) is 0 Å². The fourth-order valence-electron chi connectivity index (χ4n) is 9.47. The van der Waals surface area contributed by atoms with Crippen LogP contribution in [0.4, 0.5) is 0 Å². The molecule has 0 spiro atoms. The monoisotopic (exact) mass is 805 g/mol. The van der Waals surface area contributed by atoms with Gasteiger partial charge in [0, 0.05) is 60.4 Å². The Morgan fingerprint density at radius 3 is 1.43 bits per heavy atom. The molecule has 13 rings (SSSR count). The van der Waals surface area contributed by atoms with E-state index in [1.807, 2.05) is 60.7 Å². The lowest BCUT2D eigenvalue weighted by Gasteiger charge is -2.14. The lowest BCUT2D eigenvalue weighted by Crippen LogP contribution is -2.01. The topological polar surface area (TPSA) is 61.7 Å². The third-order valence-corrected chi connectivity index (χ3v) is 12.4. The first-order valence-corrected chi connectivity index (χ1v) is 21.2. The van der Waals surface area contributed by atoms with Crippen molar-refractivity contribution in [3.05, 3.63) is 212 Å². The molecule has 0 radical (unpaired) electrons. The molecular weight excluding hydrogens is 771 g/mol. The molecule has 0 N–H and O–H groups in total. The minimum atomic E-state index is 0.594. The molecule has 0 amide bonds. The molecule has 294 valence electrons. The molecule has 0 aliphatic heterocycles. The van der Waals surface area contributed by atoms with Gasteiger partial charge in [0.15, 0.2) is 17.5 Å². The van der Waals surface area contributed by atoms with Crippen molar-refractivity contribution < 1.29 is 4.42 Å². The molecule has 13 aromatic rings. The summed E-state index contributed by atoms with van der Waals surface area (Å²) in [6.07, 6.45) is 0. The Morgan fingerprint density at radius 2 is 0.762 bits per heavy atom. The van der Waals surface area contributed by atoms with E-state index in [4.69, 9.17) is 19.4 Å². The summed E-state index contributed by atoms with van der Waals surface area (Å²) >= 11 is 0. The van der Waals surface area contributed by atoms with Crippen molar-refractivity contribution >= 4 is 65.6 Å². The maximum absolute atomic E-state index is 6.18. The molecule has 9 aromatic carbocycles. The average molecular weight is 806 g/mol. The van der Waals surface area contributed by atoms with Crippen LogP contribution in [-0.2, 0) is 0 Å². The van der Waals surface area contributed by atoms with Crippen LogP contribution in [-0.4, -0.2) is 24.1 Å². The molecule has 0 aliphatic rings. The molecule has 0 unspecified atom stereocenters. The normalized spacial score (nSPS) is 11.8. The van der Waals surface area contributed by atoms with Crippen LogP contribution < -0.4 is 0 Å². The van der Waals surface area contributed by atoms with Gasteiger partial charge in [-0.1, -0.05) is 152 Å². The summed E-state index contributed by atoms with van der Waals surface area (Å²) in [6.45, 7) is 0. The van der Waals surface area contributed by atoms with Gasteiger partial charge in [-0.05, 0) is 71.8 Å². The lowest BCUT2D eigenvalue weighted by atomic mass is 10.1. The van der Waals surface area contributed by atoms with Gasteiger partial charge < -0.3 is 13.6 Å². The van der Waals surface area contributed by atoms with Crippen LogP contribution in [0.2, 0.25) is 0 Å². The molecule has 0 fully saturated rings. The second-order valence-corrected chi connectivity index (χ2v) is 16.0. The van der Waals surface area contributed by atoms with E-state index in [0.29, 0.717) is 17.5 Å². The summed E-state index contributed by atoms with van der Waals surface area (Å²) in [5.41, 5.74) is 13.4. The van der Waals surface area contributed by atoms with Crippen LogP contribution in [0.25, 0.3) is 122 Å². The van der Waals surface area contributed by atoms with E-state index in [9.17, 15) is 0 Å². The highest BCUT2D eigenvalue weighted by atomic mass is 16.3. The highest BCUT2D eigenvalue weighted by Crippen LogP contribution is 2.42. The standard InChI is InChI=1S/C57H35N5O/c1-3-14-36(15-4-1)37-26-29-41(30-27-37)61-49-23-10-7-20-43(49)46-31-32-47-44-21-8-11-24-50(44)62(54(47)53(46)61)42-19-13-18-39(34-42)56-58-55(38-16-5-2-6-17-38)59-57(60-56)40-28-33-52-48(35-40)45-22-9-12-25-51(45)63-52/h1-35H. The number of rotatable bonds is 6. The van der Waals surface area contributed by atoms with Crippen molar-refractivity contribution in [1.82, 2.24) is 24.1 Å². The zero-order valence-electron chi connectivity index (χ0n) is 33.9. The molecular formula is C57H35N5O. The molecule has 63 heavy (non-hydrogen) atoms. The number of benzene rings is 9. The summed E-state index contributed by atoms with van der Waals surface area (Å²) in [7, 11) is 0. The number of furan rings is 1. The van der Waals surface area contributed by atoms with Crippen LogP contribution >= 0.6 is 0 Å². The molecule has 0 aliphatic carbocycles. The van der Waals surface area contributed by atoms with Gasteiger partial charge in [0.25, 0.3) is 0 Å². The van der Waals surface area contributed by atoms with Crippen molar-refractivity contribution in [1.29, 1.82) is 0 Å². The number of hydrogen-bond donors (Lipinski definition) is 0. The Hall–Kier alpha value is -8.61. The summed E-state index contributed by atoms with van der Waals surface area (Å²) < 4.78 is 11.0. The third kappa shape index (κ3) is 5.62. The van der Waals surface area contributed by atoms with Crippen LogP contribution in [0.5, 0.6) is 0 Å². The van der Waals surface area contributed by atoms with Gasteiger partial charge >= 0.3 is 0 Å². The minimum absolute atomic E-state index is 0.594. The quantitative estimate of drug-likeness (QED) is 0.168. The molecule has 4 aromatic heterocycles. The Morgan fingerprint density at radius 1 is 0.286 bits per heavy atom. The van der Waals surface area contributed by atoms with Crippen LogP contribution in [0.3, 0.4) is 0 Å². The van der Waals surface area contributed by atoms with Gasteiger partial charge in [-0.15, -0.1) is 0 Å². The molecule has 6 nitrogen and oxygen atoms in total. The first-order chi connectivity index (χ1) is 31.2. The van der Waals surface area contributed by atoms with E-state index in [1.54, 1.807) is 0 Å².